The average Bonchev–Trinajstić information content (AvgIpc) is 2.56. The van der Waals surface area contributed by atoms with Crippen LogP contribution in [0.1, 0.15) is 26.2 Å². The van der Waals surface area contributed by atoms with Crippen molar-refractivity contribution in [1.29, 1.82) is 0 Å². The van der Waals surface area contributed by atoms with E-state index in [4.69, 9.17) is 16.3 Å². The van der Waals surface area contributed by atoms with Gasteiger partial charge in [0.05, 0.1) is 23.2 Å². The summed E-state index contributed by atoms with van der Waals surface area (Å²) in [5.74, 6) is -0.141. The number of anilines is 1. The van der Waals surface area contributed by atoms with E-state index in [1.54, 1.807) is 12.1 Å². The minimum atomic E-state index is -0.0939. The van der Waals surface area contributed by atoms with Crippen molar-refractivity contribution in [1.82, 2.24) is 4.90 Å². The number of nitrogens with zero attached hydrogens (tertiary/aromatic N) is 1. The standard InChI is InChI=1S/C17H23ClN2O3.ClH/c1-2-23-17(22)13-7-10-20(11-8-13)12-9-16(21)19-15-6-4-3-5-14(15)18;/h3-6,13H,2,7-12H2,1H3,(H,19,21);1H/p-1. The molecule has 1 aliphatic rings. The molecule has 0 aromatic heterocycles. The molecule has 134 valence electrons. The molecule has 0 saturated carbocycles. The number of hydrogen-bond acceptors (Lipinski definition) is 4. The van der Waals surface area contributed by atoms with Crippen LogP contribution in [0.5, 0.6) is 0 Å². The highest BCUT2D eigenvalue weighted by atomic mass is 35.5. The molecule has 2 rings (SSSR count). The predicted octanol–water partition coefficient (Wildman–Crippen LogP) is -0.0523. The van der Waals surface area contributed by atoms with Crippen molar-refractivity contribution in [3.63, 3.8) is 0 Å². The van der Waals surface area contributed by atoms with Crippen molar-refractivity contribution >= 4 is 29.2 Å². The van der Waals surface area contributed by atoms with Crippen LogP contribution in [0.25, 0.3) is 0 Å². The van der Waals surface area contributed by atoms with Gasteiger partial charge in [-0.1, -0.05) is 23.7 Å². The zero-order valence-electron chi connectivity index (χ0n) is 13.8. The Morgan fingerprint density at radius 1 is 1.29 bits per heavy atom. The van der Waals surface area contributed by atoms with Gasteiger partial charge in [0, 0.05) is 13.0 Å². The Morgan fingerprint density at radius 2 is 1.96 bits per heavy atom. The molecular formula is C17H23Cl2N2O3-. The Morgan fingerprint density at radius 3 is 2.58 bits per heavy atom. The number of ether oxygens (including phenoxy) is 1. The fraction of sp³-hybridized carbons (Fsp3) is 0.529. The van der Waals surface area contributed by atoms with Gasteiger partial charge in [-0.25, -0.2) is 0 Å². The first kappa shape index (κ1) is 20.7. The SMILES string of the molecule is CCOC(=O)C1CCN(CCC(=O)Nc2ccccc2Cl)CC1.[Cl-]. The summed E-state index contributed by atoms with van der Waals surface area (Å²) < 4.78 is 5.06. The quantitative estimate of drug-likeness (QED) is 0.710. The fourth-order valence-corrected chi connectivity index (χ4v) is 2.87. The van der Waals surface area contributed by atoms with Gasteiger partial charge >= 0.3 is 5.97 Å². The van der Waals surface area contributed by atoms with Gasteiger partial charge in [-0.3, -0.25) is 9.59 Å². The number of esters is 1. The normalized spacial score (nSPS) is 15.4. The first-order valence-corrected chi connectivity index (χ1v) is 8.41. The third-order valence-corrected chi connectivity index (χ3v) is 4.34. The number of nitrogens with one attached hydrogen (secondary N) is 1. The number of carbonyl (C=O) groups is 2. The van der Waals surface area contributed by atoms with Crippen LogP contribution in [0.2, 0.25) is 5.02 Å². The maximum Gasteiger partial charge on any atom is 0.309 e. The molecule has 1 aromatic rings. The van der Waals surface area contributed by atoms with Crippen LogP contribution >= 0.6 is 11.6 Å². The Balaban J connectivity index is 0.00000288. The summed E-state index contributed by atoms with van der Waals surface area (Å²) in [5, 5.41) is 3.36. The number of piperidine rings is 1. The van der Waals surface area contributed by atoms with E-state index in [-0.39, 0.29) is 30.2 Å². The Kier molecular flexibility index (Phi) is 9.11. The molecule has 0 bridgehead atoms. The molecule has 0 aliphatic carbocycles. The second kappa shape index (κ2) is 10.5. The van der Waals surface area contributed by atoms with Crippen LogP contribution in [0.3, 0.4) is 0 Å². The lowest BCUT2D eigenvalue weighted by Crippen LogP contribution is -3.00. The number of hydrogen-bond donors (Lipinski definition) is 1. The van der Waals surface area contributed by atoms with E-state index in [2.05, 4.69) is 10.2 Å². The molecule has 5 nitrogen and oxygen atoms in total. The number of carbonyl (C=O) groups excluding carboxylic acids is 2. The zero-order chi connectivity index (χ0) is 16.7. The molecular weight excluding hydrogens is 351 g/mol. The summed E-state index contributed by atoms with van der Waals surface area (Å²) in [6, 6.07) is 7.19. The van der Waals surface area contributed by atoms with Crippen LogP contribution in [0, 0.1) is 5.92 Å². The summed E-state index contributed by atoms with van der Waals surface area (Å²) in [4.78, 5) is 25.9. The molecule has 1 aromatic carbocycles. The maximum atomic E-state index is 12.0. The van der Waals surface area contributed by atoms with Crippen molar-refractivity contribution in [3.05, 3.63) is 29.3 Å². The Labute approximate surface area is 154 Å². The van der Waals surface area contributed by atoms with Crippen molar-refractivity contribution in [3.8, 4) is 0 Å². The van der Waals surface area contributed by atoms with Gasteiger partial charge in [0.2, 0.25) is 5.91 Å². The van der Waals surface area contributed by atoms with Gasteiger partial charge in [0.15, 0.2) is 0 Å². The second-order valence-corrected chi connectivity index (χ2v) is 6.05. The number of para-hydroxylation sites is 1. The third kappa shape index (κ3) is 6.30. The van der Waals surface area contributed by atoms with E-state index in [1.165, 1.54) is 0 Å². The van der Waals surface area contributed by atoms with Crippen LogP contribution in [-0.4, -0.2) is 43.0 Å². The van der Waals surface area contributed by atoms with Gasteiger partial charge in [0.25, 0.3) is 0 Å². The highest BCUT2D eigenvalue weighted by Crippen LogP contribution is 2.21. The minimum Gasteiger partial charge on any atom is -1.00 e. The smallest absolute Gasteiger partial charge is 0.309 e. The molecule has 7 heteroatoms. The van der Waals surface area contributed by atoms with Crippen molar-refractivity contribution in [2.24, 2.45) is 5.92 Å². The van der Waals surface area contributed by atoms with Gasteiger partial charge in [0.1, 0.15) is 0 Å². The molecule has 1 aliphatic heterocycles. The molecule has 0 atom stereocenters. The summed E-state index contributed by atoms with van der Waals surface area (Å²) in [7, 11) is 0. The summed E-state index contributed by atoms with van der Waals surface area (Å²) in [6.07, 6.45) is 2.01. The molecule has 1 amide bonds. The highest BCUT2D eigenvalue weighted by Gasteiger charge is 2.25. The highest BCUT2D eigenvalue weighted by molar-refractivity contribution is 6.33. The van der Waals surface area contributed by atoms with Crippen LogP contribution < -0.4 is 17.7 Å². The van der Waals surface area contributed by atoms with E-state index >= 15 is 0 Å². The van der Waals surface area contributed by atoms with E-state index in [0.717, 1.165) is 25.9 Å². The molecule has 0 spiro atoms. The topological polar surface area (TPSA) is 58.6 Å². The van der Waals surface area contributed by atoms with Crippen molar-refractivity contribution in [2.45, 2.75) is 26.2 Å². The number of amides is 1. The summed E-state index contributed by atoms with van der Waals surface area (Å²) in [5.41, 5.74) is 0.639. The number of halogens is 2. The monoisotopic (exact) mass is 373 g/mol. The van der Waals surface area contributed by atoms with Crippen molar-refractivity contribution in [2.75, 3.05) is 31.6 Å². The Hall–Kier alpha value is -1.30. The van der Waals surface area contributed by atoms with Gasteiger partial charge < -0.3 is 27.4 Å². The number of likely N-dealkylation sites (tertiary alicyclic amines) is 1. The van der Waals surface area contributed by atoms with E-state index in [1.807, 2.05) is 19.1 Å². The fourth-order valence-electron chi connectivity index (χ4n) is 2.69. The Bertz CT molecular complexity index is 546. The van der Waals surface area contributed by atoms with E-state index < -0.39 is 0 Å². The number of benzene rings is 1. The van der Waals surface area contributed by atoms with Crippen LogP contribution in [0.15, 0.2) is 24.3 Å². The molecule has 0 radical (unpaired) electrons. The molecule has 0 unspecified atom stereocenters. The zero-order valence-corrected chi connectivity index (χ0v) is 15.3. The molecule has 1 N–H and O–H groups in total. The van der Waals surface area contributed by atoms with Crippen LogP contribution in [0.4, 0.5) is 5.69 Å². The molecule has 1 heterocycles. The lowest BCUT2D eigenvalue weighted by molar-refractivity contribution is -0.149. The first-order chi connectivity index (χ1) is 11.1. The predicted molar refractivity (Wildman–Crippen MR) is 90.5 cm³/mol. The molecule has 1 fully saturated rings. The van der Waals surface area contributed by atoms with Gasteiger partial charge in [-0.15, -0.1) is 0 Å². The van der Waals surface area contributed by atoms with Crippen molar-refractivity contribution < 1.29 is 26.7 Å². The van der Waals surface area contributed by atoms with E-state index in [0.29, 0.717) is 30.3 Å². The maximum absolute atomic E-state index is 12.0. The minimum absolute atomic E-state index is 0. The first-order valence-electron chi connectivity index (χ1n) is 8.03. The third-order valence-electron chi connectivity index (χ3n) is 4.01. The molecule has 1 saturated heterocycles. The lowest BCUT2D eigenvalue weighted by atomic mass is 9.97. The average molecular weight is 374 g/mol. The van der Waals surface area contributed by atoms with Gasteiger partial charge in [-0.05, 0) is 45.0 Å². The second-order valence-electron chi connectivity index (χ2n) is 5.65. The van der Waals surface area contributed by atoms with Gasteiger partial charge in [-0.2, -0.15) is 0 Å². The van der Waals surface area contributed by atoms with E-state index in [9.17, 15) is 9.59 Å². The lowest BCUT2D eigenvalue weighted by Gasteiger charge is -2.30. The number of rotatable bonds is 6. The summed E-state index contributed by atoms with van der Waals surface area (Å²) >= 11 is 6.02. The molecule has 24 heavy (non-hydrogen) atoms. The largest absolute Gasteiger partial charge is 1.00 e. The summed E-state index contributed by atoms with van der Waals surface area (Å²) in [6.45, 7) is 4.59. The van der Waals surface area contributed by atoms with Crippen LogP contribution in [-0.2, 0) is 14.3 Å².